The summed E-state index contributed by atoms with van der Waals surface area (Å²) >= 11 is 12.6. The van der Waals surface area contributed by atoms with Crippen LogP contribution in [0.25, 0.3) is 10.9 Å². The normalized spacial score (nSPS) is 18.3. The lowest BCUT2D eigenvalue weighted by atomic mass is 9.83. The molecule has 0 radical (unpaired) electrons. The van der Waals surface area contributed by atoms with Crippen LogP contribution in [0.2, 0.25) is 10.2 Å². The van der Waals surface area contributed by atoms with Crippen LogP contribution in [0.4, 0.5) is 4.39 Å². The summed E-state index contributed by atoms with van der Waals surface area (Å²) in [6.45, 7) is 3.02. The molecule has 0 saturated heterocycles. The van der Waals surface area contributed by atoms with Gasteiger partial charge in [-0.25, -0.2) is 4.39 Å². The number of rotatable bonds is 4. The number of carbonyl (C=O) groups is 1. The van der Waals surface area contributed by atoms with Crippen LogP contribution in [0.3, 0.4) is 0 Å². The number of benzene rings is 2. The Morgan fingerprint density at radius 2 is 2.13 bits per heavy atom. The monoisotopic (exact) mass is 449 g/mol. The van der Waals surface area contributed by atoms with Gasteiger partial charge in [0.2, 0.25) is 5.91 Å². The number of aliphatic hydroxyl groups is 1. The van der Waals surface area contributed by atoms with E-state index in [2.05, 4.69) is 10.2 Å². The third-order valence-corrected chi connectivity index (χ3v) is 6.58. The molecule has 30 heavy (non-hydrogen) atoms. The van der Waals surface area contributed by atoms with Crippen LogP contribution in [0.1, 0.15) is 42.1 Å². The van der Waals surface area contributed by atoms with Crippen molar-refractivity contribution in [3.63, 3.8) is 0 Å². The Kier molecular flexibility index (Phi) is 5.51. The Hall–Kier alpha value is -2.15. The number of nitrogens with zero attached hydrogens (tertiary/aromatic N) is 2. The van der Waals surface area contributed by atoms with Crippen LogP contribution in [0.5, 0.6) is 0 Å². The number of amides is 1. The summed E-state index contributed by atoms with van der Waals surface area (Å²) in [4.78, 5) is 15.0. The van der Waals surface area contributed by atoms with Crippen molar-refractivity contribution < 1.29 is 14.3 Å². The molecule has 0 unspecified atom stereocenters. The molecular formula is C22H22Cl2FN3O2. The summed E-state index contributed by atoms with van der Waals surface area (Å²) in [7, 11) is 0. The summed E-state index contributed by atoms with van der Waals surface area (Å²) in [6.07, 6.45) is 0.638. The highest BCUT2D eigenvalue weighted by Crippen LogP contribution is 2.37. The molecule has 2 N–H and O–H groups in total. The Morgan fingerprint density at radius 3 is 2.87 bits per heavy atom. The summed E-state index contributed by atoms with van der Waals surface area (Å²) in [5, 5.41) is 18.8. The molecule has 1 aliphatic heterocycles. The Balaban J connectivity index is 1.65. The first kappa shape index (κ1) is 21.1. The molecule has 0 saturated carbocycles. The molecule has 2 heterocycles. The molecule has 8 heteroatoms. The minimum absolute atomic E-state index is 0.0810. The van der Waals surface area contributed by atoms with E-state index in [0.29, 0.717) is 45.2 Å². The molecule has 4 rings (SSSR count). The van der Waals surface area contributed by atoms with Crippen molar-refractivity contribution in [2.24, 2.45) is 0 Å². The fourth-order valence-electron chi connectivity index (χ4n) is 4.33. The second-order valence-electron chi connectivity index (χ2n) is 7.93. The van der Waals surface area contributed by atoms with Crippen LogP contribution >= 0.6 is 23.2 Å². The second kappa shape index (κ2) is 7.84. The highest BCUT2D eigenvalue weighted by atomic mass is 35.5. The molecule has 3 aromatic rings. The van der Waals surface area contributed by atoms with Gasteiger partial charge in [0, 0.05) is 17.0 Å². The van der Waals surface area contributed by atoms with Crippen LogP contribution in [-0.2, 0) is 23.2 Å². The quantitative estimate of drug-likeness (QED) is 0.604. The lowest BCUT2D eigenvalue weighted by Crippen LogP contribution is -2.41. The zero-order valence-electron chi connectivity index (χ0n) is 16.7. The summed E-state index contributed by atoms with van der Waals surface area (Å²) in [6, 6.07) is 8.73. The zero-order valence-corrected chi connectivity index (χ0v) is 18.2. The first-order valence-corrected chi connectivity index (χ1v) is 10.5. The second-order valence-corrected chi connectivity index (χ2v) is 8.71. The predicted molar refractivity (Wildman–Crippen MR) is 116 cm³/mol. The molecule has 0 fully saturated rings. The van der Waals surface area contributed by atoms with Gasteiger partial charge < -0.3 is 10.0 Å². The summed E-state index contributed by atoms with van der Waals surface area (Å²) in [5.74, 6) is -0.0810. The smallest absolute Gasteiger partial charge is 0.227 e. The molecule has 2 atom stereocenters. The maximum absolute atomic E-state index is 13.4. The average molecular weight is 450 g/mol. The molecule has 0 spiro atoms. The number of alkyl halides is 1. The number of carbonyl (C=O) groups excluding carboxylic acids is 1. The van der Waals surface area contributed by atoms with E-state index >= 15 is 0 Å². The molecule has 5 nitrogen and oxygen atoms in total. The van der Waals surface area contributed by atoms with Crippen molar-refractivity contribution in [3.8, 4) is 0 Å². The van der Waals surface area contributed by atoms with Crippen molar-refractivity contribution in [2.45, 2.75) is 38.3 Å². The SMILES string of the molecule is C[C@H]1c2cccc([C@@](C)(O)CF)c2CCN1C(=O)Cc1c(Cl)ccc2n[nH]c(Cl)c12. The van der Waals surface area contributed by atoms with Crippen molar-refractivity contribution in [3.05, 3.63) is 62.8 Å². The van der Waals surface area contributed by atoms with Crippen LogP contribution in [0, 0.1) is 0 Å². The van der Waals surface area contributed by atoms with E-state index in [4.69, 9.17) is 23.2 Å². The Bertz CT molecular complexity index is 1130. The predicted octanol–water partition coefficient (Wildman–Crippen LogP) is 4.74. The van der Waals surface area contributed by atoms with E-state index in [9.17, 15) is 14.3 Å². The lowest BCUT2D eigenvalue weighted by Gasteiger charge is -2.38. The van der Waals surface area contributed by atoms with Crippen LogP contribution < -0.4 is 0 Å². The minimum Gasteiger partial charge on any atom is -0.383 e. The number of nitrogens with one attached hydrogen (secondary N) is 1. The number of fused-ring (bicyclic) bond motifs is 2. The van der Waals surface area contributed by atoms with Gasteiger partial charge in [-0.15, -0.1) is 0 Å². The lowest BCUT2D eigenvalue weighted by molar-refractivity contribution is -0.133. The zero-order chi connectivity index (χ0) is 21.6. The molecule has 158 valence electrons. The van der Waals surface area contributed by atoms with E-state index in [1.54, 1.807) is 29.2 Å². The fourth-order valence-corrected chi connectivity index (χ4v) is 4.80. The number of halogens is 3. The maximum Gasteiger partial charge on any atom is 0.227 e. The average Bonchev–Trinajstić information content (AvgIpc) is 3.11. The molecule has 1 aliphatic rings. The summed E-state index contributed by atoms with van der Waals surface area (Å²) in [5.41, 5.74) is 2.17. The Labute approximate surface area is 183 Å². The first-order chi connectivity index (χ1) is 14.2. The van der Waals surface area contributed by atoms with Crippen molar-refractivity contribution in [1.29, 1.82) is 0 Å². The van der Waals surface area contributed by atoms with Gasteiger partial charge in [0.15, 0.2) is 0 Å². The van der Waals surface area contributed by atoms with Crippen molar-refractivity contribution in [2.75, 3.05) is 13.2 Å². The molecule has 0 bridgehead atoms. The van der Waals surface area contributed by atoms with E-state index in [1.807, 2.05) is 13.0 Å². The van der Waals surface area contributed by atoms with Gasteiger partial charge in [0.05, 0.1) is 18.0 Å². The first-order valence-electron chi connectivity index (χ1n) is 9.75. The highest BCUT2D eigenvalue weighted by Gasteiger charge is 2.34. The van der Waals surface area contributed by atoms with Crippen LogP contribution in [0.15, 0.2) is 30.3 Å². The van der Waals surface area contributed by atoms with Gasteiger partial charge in [-0.1, -0.05) is 41.4 Å². The van der Waals surface area contributed by atoms with Crippen LogP contribution in [-0.4, -0.2) is 39.3 Å². The fraction of sp³-hybridized carbons (Fsp3) is 0.364. The largest absolute Gasteiger partial charge is 0.383 e. The van der Waals surface area contributed by atoms with Gasteiger partial charge in [0.1, 0.15) is 17.4 Å². The minimum atomic E-state index is -1.54. The van der Waals surface area contributed by atoms with Gasteiger partial charge >= 0.3 is 0 Å². The van der Waals surface area contributed by atoms with Gasteiger partial charge in [-0.3, -0.25) is 9.89 Å². The third kappa shape index (κ3) is 3.47. The van der Waals surface area contributed by atoms with Gasteiger partial charge in [0.25, 0.3) is 0 Å². The molecule has 0 aliphatic carbocycles. The Morgan fingerprint density at radius 1 is 1.37 bits per heavy atom. The van der Waals surface area contributed by atoms with Gasteiger partial charge in [-0.2, -0.15) is 5.10 Å². The summed E-state index contributed by atoms with van der Waals surface area (Å²) < 4.78 is 13.4. The number of hydrogen-bond acceptors (Lipinski definition) is 3. The number of hydrogen-bond donors (Lipinski definition) is 2. The number of aromatic nitrogens is 2. The molecular weight excluding hydrogens is 428 g/mol. The topological polar surface area (TPSA) is 69.2 Å². The van der Waals surface area contributed by atoms with Crippen molar-refractivity contribution in [1.82, 2.24) is 15.1 Å². The van der Waals surface area contributed by atoms with Gasteiger partial charge in [-0.05, 0) is 54.7 Å². The van der Waals surface area contributed by atoms with Crippen molar-refractivity contribution >= 4 is 40.0 Å². The van der Waals surface area contributed by atoms with E-state index in [0.717, 1.165) is 11.1 Å². The molecule has 1 amide bonds. The van der Waals surface area contributed by atoms with E-state index in [-0.39, 0.29) is 18.4 Å². The van der Waals surface area contributed by atoms with E-state index in [1.165, 1.54) is 6.92 Å². The third-order valence-electron chi connectivity index (χ3n) is 5.95. The maximum atomic E-state index is 13.4. The standard InChI is InChI=1S/C22H22Cl2FN3O2/c1-12-13-4-3-5-16(22(2,30)11-25)14(13)8-9-28(12)19(29)10-15-17(23)6-7-18-20(15)21(24)27-26-18/h3-7,12,30H,8-11H2,1-2H3,(H,26,27)/t12-,22-/m0/s1. The number of H-pyrrole nitrogens is 1. The highest BCUT2D eigenvalue weighted by molar-refractivity contribution is 6.37. The molecule has 1 aromatic heterocycles. The number of aromatic amines is 1. The molecule has 2 aromatic carbocycles. The van der Waals surface area contributed by atoms with E-state index < -0.39 is 12.3 Å².